The van der Waals surface area contributed by atoms with Gasteiger partial charge in [-0.15, -0.1) is 11.6 Å². The van der Waals surface area contributed by atoms with Crippen LogP contribution in [0.4, 0.5) is 0 Å². The topological polar surface area (TPSA) is 76.7 Å². The van der Waals surface area contributed by atoms with E-state index >= 15 is 0 Å². The highest BCUT2D eigenvalue weighted by molar-refractivity contribution is 14.1. The maximum absolute atomic E-state index is 10.1. The molecule has 0 spiro atoms. The monoisotopic (exact) mass is 566 g/mol. The van der Waals surface area contributed by atoms with Gasteiger partial charge in [-0.3, -0.25) is 0 Å². The molecule has 6 nitrogen and oxygen atoms in total. The molecule has 0 fully saturated rings. The number of nitrogens with zero attached hydrogens (tertiary/aromatic N) is 2. The molecule has 2 atom stereocenters. The number of rotatable bonds is 11. The van der Waals surface area contributed by atoms with E-state index in [1.165, 1.54) is 0 Å². The zero-order chi connectivity index (χ0) is 23.1. The first-order chi connectivity index (χ1) is 15.3. The average molecular weight is 567 g/mol. The van der Waals surface area contributed by atoms with Crippen LogP contribution in [0.1, 0.15) is 25.0 Å². The van der Waals surface area contributed by atoms with Gasteiger partial charge in [-0.1, -0.05) is 32.0 Å². The molecule has 8 heteroatoms. The van der Waals surface area contributed by atoms with Crippen molar-refractivity contribution in [2.45, 2.75) is 38.0 Å². The largest absolute Gasteiger partial charge is 0.491 e. The van der Waals surface area contributed by atoms with Crippen LogP contribution >= 0.6 is 34.2 Å². The lowest BCUT2D eigenvalue weighted by Crippen LogP contribution is -2.23. The smallest absolute Gasteiger partial charge is 0.132 e. The molecule has 2 N–H and O–H groups in total. The van der Waals surface area contributed by atoms with E-state index in [1.54, 1.807) is 12.5 Å². The van der Waals surface area contributed by atoms with Crippen molar-refractivity contribution < 1.29 is 19.7 Å². The quantitative estimate of drug-likeness (QED) is 0.268. The van der Waals surface area contributed by atoms with Gasteiger partial charge >= 0.3 is 0 Å². The summed E-state index contributed by atoms with van der Waals surface area (Å²) in [5, 5.41) is 19.7. The number of aromatic nitrogens is 2. The third-order valence-corrected chi connectivity index (χ3v) is 6.46. The second kappa shape index (κ2) is 11.4. The van der Waals surface area contributed by atoms with Crippen molar-refractivity contribution in [2.24, 2.45) is 0 Å². The van der Waals surface area contributed by atoms with Crippen molar-refractivity contribution in [3.8, 4) is 11.5 Å². The van der Waals surface area contributed by atoms with Gasteiger partial charge in [0, 0.05) is 17.8 Å². The van der Waals surface area contributed by atoms with Crippen LogP contribution in [0.2, 0.25) is 0 Å². The van der Waals surface area contributed by atoms with Crippen LogP contribution in [0.5, 0.6) is 11.5 Å². The molecule has 0 aliphatic rings. The van der Waals surface area contributed by atoms with E-state index in [9.17, 15) is 10.2 Å². The summed E-state index contributed by atoms with van der Waals surface area (Å²) in [5.74, 6) is 1.59. The van der Waals surface area contributed by atoms with Gasteiger partial charge in [-0.2, -0.15) is 0 Å². The standard InChI is InChI=1S/C24H28ClIN2O4/c1-24(2,18-5-8-23(22(26)11-18)32-14-19(29)12-25)17-3-6-21(7-4-17)31-15-20(30)13-28-10-9-27-16-28/h3-11,16,19-20,29-30H,12-15H2,1-2H3/t19-,20+/m1/s1/i26-4. The van der Waals surface area contributed by atoms with Crippen molar-refractivity contribution in [3.05, 3.63) is 75.9 Å². The summed E-state index contributed by atoms with van der Waals surface area (Å²) >= 11 is 7.87. The van der Waals surface area contributed by atoms with Gasteiger partial charge < -0.3 is 24.3 Å². The predicted molar refractivity (Wildman–Crippen MR) is 134 cm³/mol. The SMILES string of the molecule is CC(C)(c1ccc(OC[C@@H](O)Cn2ccnc2)cc1)c1ccc(OC[C@H](O)CCl)c([123I])c1. The first-order valence-electron chi connectivity index (χ1n) is 10.3. The Morgan fingerprint density at radius 1 is 1.03 bits per heavy atom. The number of aliphatic hydroxyl groups excluding tert-OH is 2. The van der Waals surface area contributed by atoms with E-state index in [-0.39, 0.29) is 24.5 Å². The maximum atomic E-state index is 10.1. The molecular weight excluding hydrogens is 539 g/mol. The van der Waals surface area contributed by atoms with Crippen LogP contribution in [-0.2, 0) is 12.0 Å². The summed E-state index contributed by atoms with van der Waals surface area (Å²) in [4.78, 5) is 3.97. The Kier molecular flexibility index (Phi) is 8.81. The second-order valence-electron chi connectivity index (χ2n) is 8.14. The lowest BCUT2D eigenvalue weighted by molar-refractivity contribution is 0.0924. The lowest BCUT2D eigenvalue weighted by Gasteiger charge is -2.27. The van der Waals surface area contributed by atoms with Gasteiger partial charge in [-0.05, 0) is 58.0 Å². The van der Waals surface area contributed by atoms with E-state index in [0.717, 1.165) is 20.4 Å². The van der Waals surface area contributed by atoms with Crippen LogP contribution in [0.3, 0.4) is 0 Å². The fourth-order valence-corrected chi connectivity index (χ4v) is 4.01. The highest BCUT2D eigenvalue weighted by Gasteiger charge is 2.24. The minimum absolute atomic E-state index is 0.144. The molecule has 32 heavy (non-hydrogen) atoms. The van der Waals surface area contributed by atoms with Crippen molar-refractivity contribution in [1.82, 2.24) is 9.55 Å². The molecule has 1 aromatic heterocycles. The van der Waals surface area contributed by atoms with E-state index in [0.29, 0.717) is 12.3 Å². The van der Waals surface area contributed by atoms with Crippen molar-refractivity contribution in [2.75, 3.05) is 19.1 Å². The molecule has 0 saturated carbocycles. The third-order valence-electron chi connectivity index (χ3n) is 5.26. The number of alkyl halides is 1. The van der Waals surface area contributed by atoms with Gasteiger partial charge in [0.1, 0.15) is 36.9 Å². The number of hydrogen-bond acceptors (Lipinski definition) is 5. The average Bonchev–Trinajstić information content (AvgIpc) is 3.29. The Labute approximate surface area is 207 Å². The van der Waals surface area contributed by atoms with Crippen LogP contribution in [0, 0.1) is 3.57 Å². The summed E-state index contributed by atoms with van der Waals surface area (Å²) < 4.78 is 14.2. The molecule has 0 aliphatic heterocycles. The van der Waals surface area contributed by atoms with Crippen LogP contribution in [0.25, 0.3) is 0 Å². The second-order valence-corrected chi connectivity index (χ2v) is 9.61. The Morgan fingerprint density at radius 3 is 2.34 bits per heavy atom. The molecule has 0 aliphatic carbocycles. The Morgan fingerprint density at radius 2 is 1.72 bits per heavy atom. The number of ether oxygens (including phenoxy) is 2. The summed E-state index contributed by atoms with van der Waals surface area (Å²) in [7, 11) is 0. The molecule has 0 unspecified atom stereocenters. The van der Waals surface area contributed by atoms with Gasteiger partial charge in [-0.25, -0.2) is 4.98 Å². The van der Waals surface area contributed by atoms with Gasteiger partial charge in [0.05, 0.1) is 22.3 Å². The van der Waals surface area contributed by atoms with E-state index in [1.807, 2.05) is 47.2 Å². The fourth-order valence-electron chi connectivity index (χ4n) is 3.25. The molecule has 172 valence electrons. The summed E-state index contributed by atoms with van der Waals surface area (Å²) in [6, 6.07) is 14.0. The molecular formula is C24H28ClIN2O4. The molecule has 0 saturated heterocycles. The minimum Gasteiger partial charge on any atom is -0.491 e. The Bertz CT molecular complexity index is 980. The number of imidazole rings is 1. The van der Waals surface area contributed by atoms with E-state index < -0.39 is 12.2 Å². The number of benzene rings is 2. The van der Waals surface area contributed by atoms with Crippen molar-refractivity contribution in [3.63, 3.8) is 0 Å². The van der Waals surface area contributed by atoms with Crippen LogP contribution < -0.4 is 9.47 Å². The van der Waals surface area contributed by atoms with Gasteiger partial charge in [0.2, 0.25) is 0 Å². The first-order valence-corrected chi connectivity index (χ1v) is 11.9. The third kappa shape index (κ3) is 6.60. The summed E-state index contributed by atoms with van der Waals surface area (Å²) in [6.45, 7) is 5.15. The molecule has 1 heterocycles. The van der Waals surface area contributed by atoms with Gasteiger partial charge in [0.15, 0.2) is 0 Å². The highest BCUT2D eigenvalue weighted by atomic mass is 123. The van der Waals surface area contributed by atoms with Crippen molar-refractivity contribution in [1.29, 1.82) is 0 Å². The number of hydrogen-bond donors (Lipinski definition) is 2. The Hall–Kier alpha value is -1.81. The highest BCUT2D eigenvalue weighted by Crippen LogP contribution is 2.35. The number of halogens is 2. The predicted octanol–water partition coefficient (Wildman–Crippen LogP) is 4.23. The molecule has 3 aromatic rings. The maximum Gasteiger partial charge on any atom is 0.132 e. The van der Waals surface area contributed by atoms with E-state index in [4.69, 9.17) is 21.1 Å². The lowest BCUT2D eigenvalue weighted by atomic mass is 9.78. The Balaban J connectivity index is 1.62. The summed E-state index contributed by atoms with van der Waals surface area (Å²) in [6.07, 6.45) is 3.86. The van der Waals surface area contributed by atoms with E-state index in [2.05, 4.69) is 47.5 Å². The van der Waals surface area contributed by atoms with Crippen molar-refractivity contribution >= 4 is 34.2 Å². The number of aliphatic hydroxyl groups is 2. The molecule has 0 radical (unpaired) electrons. The zero-order valence-corrected chi connectivity index (χ0v) is 21.0. The fraction of sp³-hybridized carbons (Fsp3) is 0.375. The minimum atomic E-state index is -0.684. The van der Waals surface area contributed by atoms with Crippen LogP contribution in [0.15, 0.2) is 61.2 Å². The molecule has 3 rings (SSSR count). The normalized spacial score (nSPS) is 13.6. The molecule has 0 bridgehead atoms. The summed E-state index contributed by atoms with van der Waals surface area (Å²) in [5.41, 5.74) is 2.07. The first kappa shape index (κ1) is 24.8. The zero-order valence-electron chi connectivity index (χ0n) is 18.1. The molecule has 2 aromatic carbocycles. The molecule has 0 amide bonds. The van der Waals surface area contributed by atoms with Gasteiger partial charge in [0.25, 0.3) is 0 Å². The van der Waals surface area contributed by atoms with Crippen LogP contribution in [-0.4, -0.2) is 51.1 Å².